The fourth-order valence-corrected chi connectivity index (χ4v) is 1.81. The molecule has 1 saturated heterocycles. The van der Waals surface area contributed by atoms with Gasteiger partial charge in [0.15, 0.2) is 0 Å². The standard InChI is InChI=1S/C11H21NO2/c13-10-8-6-4-2-1-3-5-7-9-12-11(10)14/h10,13H,1-9H2,(H,12,14). The normalized spacial score (nSPS) is 27.2. The minimum absolute atomic E-state index is 0.189. The molecule has 1 unspecified atom stereocenters. The van der Waals surface area contributed by atoms with Crippen LogP contribution in [0, 0.1) is 0 Å². The van der Waals surface area contributed by atoms with E-state index in [1.165, 1.54) is 25.7 Å². The number of aliphatic hydroxyl groups is 1. The Morgan fingerprint density at radius 1 is 1.00 bits per heavy atom. The highest BCUT2D eigenvalue weighted by Gasteiger charge is 2.13. The Bertz CT molecular complexity index is 171. The van der Waals surface area contributed by atoms with Gasteiger partial charge in [-0.15, -0.1) is 0 Å². The third kappa shape index (κ3) is 4.61. The largest absolute Gasteiger partial charge is 0.383 e. The maximum atomic E-state index is 11.3. The highest BCUT2D eigenvalue weighted by atomic mass is 16.3. The Hall–Kier alpha value is -0.570. The molecule has 1 aliphatic rings. The van der Waals surface area contributed by atoms with E-state index in [2.05, 4.69) is 5.32 Å². The van der Waals surface area contributed by atoms with Crippen molar-refractivity contribution in [3.63, 3.8) is 0 Å². The first kappa shape index (κ1) is 11.5. The zero-order chi connectivity index (χ0) is 10.2. The van der Waals surface area contributed by atoms with Gasteiger partial charge in [-0.1, -0.05) is 38.5 Å². The summed E-state index contributed by atoms with van der Waals surface area (Å²) in [6.45, 7) is 0.718. The van der Waals surface area contributed by atoms with Crippen molar-refractivity contribution >= 4 is 5.91 Å². The van der Waals surface area contributed by atoms with E-state index in [4.69, 9.17) is 0 Å². The molecule has 0 aromatic carbocycles. The molecule has 1 aliphatic heterocycles. The summed E-state index contributed by atoms with van der Waals surface area (Å²) in [4.78, 5) is 11.3. The Morgan fingerprint density at radius 2 is 1.57 bits per heavy atom. The van der Waals surface area contributed by atoms with Crippen LogP contribution in [-0.4, -0.2) is 23.7 Å². The third-order valence-corrected chi connectivity index (χ3v) is 2.76. The second kappa shape index (κ2) is 6.82. The molecule has 1 fully saturated rings. The highest BCUT2D eigenvalue weighted by Crippen LogP contribution is 2.10. The second-order valence-electron chi connectivity index (χ2n) is 4.07. The van der Waals surface area contributed by atoms with Crippen molar-refractivity contribution < 1.29 is 9.90 Å². The van der Waals surface area contributed by atoms with Crippen molar-refractivity contribution in [2.75, 3.05) is 6.54 Å². The molecule has 1 heterocycles. The molecule has 3 nitrogen and oxygen atoms in total. The maximum absolute atomic E-state index is 11.3. The summed E-state index contributed by atoms with van der Waals surface area (Å²) in [5, 5.41) is 12.2. The number of carbonyl (C=O) groups excluding carboxylic acids is 1. The molecule has 1 amide bonds. The maximum Gasteiger partial charge on any atom is 0.248 e. The van der Waals surface area contributed by atoms with Crippen molar-refractivity contribution in [2.24, 2.45) is 0 Å². The predicted octanol–water partition coefficient (Wildman–Crippen LogP) is 1.60. The molecule has 3 heteroatoms. The van der Waals surface area contributed by atoms with Crippen molar-refractivity contribution in [3.05, 3.63) is 0 Å². The van der Waals surface area contributed by atoms with Gasteiger partial charge in [0, 0.05) is 6.54 Å². The minimum atomic E-state index is -0.783. The molecule has 1 atom stereocenters. The van der Waals surface area contributed by atoms with E-state index in [0.29, 0.717) is 6.42 Å². The smallest absolute Gasteiger partial charge is 0.248 e. The summed E-state index contributed by atoms with van der Waals surface area (Å²) in [6.07, 6.45) is 7.99. The van der Waals surface area contributed by atoms with Gasteiger partial charge in [-0.2, -0.15) is 0 Å². The van der Waals surface area contributed by atoms with Crippen LogP contribution >= 0.6 is 0 Å². The fourth-order valence-electron chi connectivity index (χ4n) is 1.81. The van der Waals surface area contributed by atoms with E-state index in [9.17, 15) is 9.90 Å². The molecule has 0 spiro atoms. The van der Waals surface area contributed by atoms with E-state index >= 15 is 0 Å². The zero-order valence-corrected chi connectivity index (χ0v) is 8.80. The number of amides is 1. The van der Waals surface area contributed by atoms with Crippen LogP contribution in [0.5, 0.6) is 0 Å². The van der Waals surface area contributed by atoms with Gasteiger partial charge in [-0.05, 0) is 12.8 Å². The fraction of sp³-hybridized carbons (Fsp3) is 0.909. The van der Waals surface area contributed by atoms with Crippen molar-refractivity contribution in [1.29, 1.82) is 0 Å². The molecule has 14 heavy (non-hydrogen) atoms. The number of aliphatic hydroxyl groups excluding tert-OH is 1. The topological polar surface area (TPSA) is 49.3 Å². The highest BCUT2D eigenvalue weighted by molar-refractivity contribution is 5.80. The molecule has 0 aliphatic carbocycles. The first-order valence-corrected chi connectivity index (χ1v) is 5.76. The van der Waals surface area contributed by atoms with Crippen LogP contribution < -0.4 is 5.32 Å². The van der Waals surface area contributed by atoms with E-state index in [0.717, 1.165) is 25.8 Å². The van der Waals surface area contributed by atoms with Gasteiger partial charge in [-0.25, -0.2) is 0 Å². The molecular weight excluding hydrogens is 178 g/mol. The van der Waals surface area contributed by atoms with Crippen LogP contribution in [0.3, 0.4) is 0 Å². The number of carbonyl (C=O) groups is 1. The Kier molecular flexibility index (Phi) is 5.60. The van der Waals surface area contributed by atoms with Gasteiger partial charge in [0.1, 0.15) is 6.10 Å². The molecular formula is C11H21NO2. The van der Waals surface area contributed by atoms with Gasteiger partial charge in [0.2, 0.25) is 5.91 Å². The first-order valence-electron chi connectivity index (χ1n) is 5.76. The lowest BCUT2D eigenvalue weighted by Crippen LogP contribution is -2.35. The SMILES string of the molecule is O=C1NCCCCCCCCCC1O. The van der Waals surface area contributed by atoms with Crippen LogP contribution in [0.25, 0.3) is 0 Å². The molecule has 0 aromatic heterocycles. The molecule has 1 rings (SSSR count). The quantitative estimate of drug-likeness (QED) is 0.622. The minimum Gasteiger partial charge on any atom is -0.383 e. The molecule has 2 N–H and O–H groups in total. The number of hydrogen-bond acceptors (Lipinski definition) is 2. The average molecular weight is 199 g/mol. The Morgan fingerprint density at radius 3 is 2.29 bits per heavy atom. The Balaban J connectivity index is 2.27. The van der Waals surface area contributed by atoms with E-state index in [-0.39, 0.29) is 5.91 Å². The van der Waals surface area contributed by atoms with Crippen molar-refractivity contribution in [3.8, 4) is 0 Å². The molecule has 0 saturated carbocycles. The van der Waals surface area contributed by atoms with Gasteiger partial charge in [-0.3, -0.25) is 4.79 Å². The molecule has 0 radical (unpaired) electrons. The number of rotatable bonds is 0. The third-order valence-electron chi connectivity index (χ3n) is 2.76. The van der Waals surface area contributed by atoms with Gasteiger partial charge >= 0.3 is 0 Å². The summed E-state index contributed by atoms with van der Waals surface area (Å²) >= 11 is 0. The van der Waals surface area contributed by atoms with Crippen LogP contribution in [0.15, 0.2) is 0 Å². The molecule has 82 valence electrons. The lowest BCUT2D eigenvalue weighted by atomic mass is 10.0. The summed E-state index contributed by atoms with van der Waals surface area (Å²) in [5.74, 6) is -0.189. The lowest BCUT2D eigenvalue weighted by Gasteiger charge is -2.12. The molecule has 0 aromatic rings. The summed E-state index contributed by atoms with van der Waals surface area (Å²) in [5.41, 5.74) is 0. The van der Waals surface area contributed by atoms with Gasteiger partial charge in [0.25, 0.3) is 0 Å². The molecule has 0 bridgehead atoms. The number of hydrogen-bond donors (Lipinski definition) is 2. The van der Waals surface area contributed by atoms with Crippen LogP contribution in [0.2, 0.25) is 0 Å². The van der Waals surface area contributed by atoms with E-state index < -0.39 is 6.10 Å². The predicted molar refractivity (Wildman–Crippen MR) is 56.0 cm³/mol. The van der Waals surface area contributed by atoms with Crippen LogP contribution in [0.1, 0.15) is 51.4 Å². The van der Waals surface area contributed by atoms with E-state index in [1.807, 2.05) is 0 Å². The van der Waals surface area contributed by atoms with E-state index in [1.54, 1.807) is 0 Å². The first-order chi connectivity index (χ1) is 6.80. The van der Waals surface area contributed by atoms with Crippen LogP contribution in [-0.2, 0) is 4.79 Å². The number of nitrogens with one attached hydrogen (secondary N) is 1. The average Bonchev–Trinajstić information content (AvgIpc) is 2.18. The van der Waals surface area contributed by atoms with Crippen LogP contribution in [0.4, 0.5) is 0 Å². The zero-order valence-electron chi connectivity index (χ0n) is 8.80. The van der Waals surface area contributed by atoms with Crippen molar-refractivity contribution in [1.82, 2.24) is 5.32 Å². The summed E-state index contributed by atoms with van der Waals surface area (Å²) in [7, 11) is 0. The van der Waals surface area contributed by atoms with Gasteiger partial charge < -0.3 is 10.4 Å². The Labute approximate surface area is 85.9 Å². The monoisotopic (exact) mass is 199 g/mol. The lowest BCUT2D eigenvalue weighted by molar-refractivity contribution is -0.129. The summed E-state index contributed by atoms with van der Waals surface area (Å²) < 4.78 is 0. The second-order valence-corrected chi connectivity index (χ2v) is 4.07. The van der Waals surface area contributed by atoms with Crippen molar-refractivity contribution in [2.45, 2.75) is 57.5 Å². The van der Waals surface area contributed by atoms with Gasteiger partial charge in [0.05, 0.1) is 0 Å². The summed E-state index contributed by atoms with van der Waals surface area (Å²) in [6, 6.07) is 0.